The Labute approximate surface area is 150 Å². The van der Waals surface area contributed by atoms with Crippen LogP contribution >= 0.6 is 23.2 Å². The van der Waals surface area contributed by atoms with E-state index in [2.05, 4.69) is 29.2 Å². The molecule has 3 N–H and O–H groups in total. The van der Waals surface area contributed by atoms with E-state index in [0.717, 1.165) is 29.9 Å². The molecule has 5 heteroatoms. The fourth-order valence-electron chi connectivity index (χ4n) is 3.44. The maximum absolute atomic E-state index is 6.65. The van der Waals surface area contributed by atoms with Crippen LogP contribution in [0.25, 0.3) is 0 Å². The smallest absolute Gasteiger partial charge is 0.127 e. The van der Waals surface area contributed by atoms with E-state index in [4.69, 9.17) is 33.9 Å². The number of imidazole rings is 1. The number of rotatable bonds is 3. The number of H-pyrrole nitrogens is 1. The van der Waals surface area contributed by atoms with Gasteiger partial charge in [-0.05, 0) is 47.7 Å². The second-order valence-corrected chi connectivity index (χ2v) is 7.35. The minimum atomic E-state index is -0.464. The first kappa shape index (κ1) is 15.7. The zero-order valence-electron chi connectivity index (χ0n) is 13.0. The molecule has 0 unspecified atom stereocenters. The zero-order valence-corrected chi connectivity index (χ0v) is 14.5. The van der Waals surface area contributed by atoms with E-state index in [9.17, 15) is 0 Å². The van der Waals surface area contributed by atoms with Crippen molar-refractivity contribution >= 4 is 23.2 Å². The van der Waals surface area contributed by atoms with Crippen LogP contribution in [0.3, 0.4) is 0 Å². The molecule has 2 aromatic carbocycles. The van der Waals surface area contributed by atoms with E-state index in [1.165, 1.54) is 11.1 Å². The number of aromatic amines is 1. The number of nitrogens with zero attached hydrogens (tertiary/aromatic N) is 1. The molecule has 1 heterocycles. The van der Waals surface area contributed by atoms with Crippen molar-refractivity contribution in [2.45, 2.75) is 24.8 Å². The SMILES string of the molecule is NC1(c2nc(Cc3cc(Cl)cc(Cl)c3)c[nH]2)Cc2ccccc2C1. The fourth-order valence-corrected chi connectivity index (χ4v) is 4.01. The van der Waals surface area contributed by atoms with Crippen molar-refractivity contribution < 1.29 is 0 Å². The number of aromatic nitrogens is 2. The van der Waals surface area contributed by atoms with Gasteiger partial charge in [0.15, 0.2) is 0 Å². The highest BCUT2D eigenvalue weighted by atomic mass is 35.5. The average Bonchev–Trinajstić information content (AvgIpc) is 3.10. The van der Waals surface area contributed by atoms with E-state index >= 15 is 0 Å². The van der Waals surface area contributed by atoms with Crippen LogP contribution in [0.1, 0.15) is 28.2 Å². The summed E-state index contributed by atoms with van der Waals surface area (Å²) in [7, 11) is 0. The lowest BCUT2D eigenvalue weighted by molar-refractivity contribution is 0.445. The summed E-state index contributed by atoms with van der Waals surface area (Å²) in [5.74, 6) is 0.835. The predicted molar refractivity (Wildman–Crippen MR) is 97.6 cm³/mol. The molecule has 0 saturated carbocycles. The maximum Gasteiger partial charge on any atom is 0.127 e. The molecule has 0 fully saturated rings. The number of hydrogen-bond acceptors (Lipinski definition) is 2. The van der Waals surface area contributed by atoms with Crippen molar-refractivity contribution in [3.8, 4) is 0 Å². The molecule has 122 valence electrons. The zero-order chi connectivity index (χ0) is 16.7. The molecule has 0 radical (unpaired) electrons. The number of fused-ring (bicyclic) bond motifs is 1. The molecule has 1 aliphatic rings. The molecule has 3 nitrogen and oxygen atoms in total. The highest BCUT2D eigenvalue weighted by Crippen LogP contribution is 2.34. The van der Waals surface area contributed by atoms with Crippen LogP contribution in [0.15, 0.2) is 48.7 Å². The van der Waals surface area contributed by atoms with Crippen LogP contribution in [0.4, 0.5) is 0 Å². The molecule has 0 amide bonds. The molecule has 3 aromatic rings. The van der Waals surface area contributed by atoms with Gasteiger partial charge in [-0.1, -0.05) is 47.5 Å². The predicted octanol–water partition coefficient (Wildman–Crippen LogP) is 4.26. The maximum atomic E-state index is 6.65. The van der Waals surface area contributed by atoms with Gasteiger partial charge in [0.1, 0.15) is 5.82 Å². The Balaban J connectivity index is 1.57. The summed E-state index contributed by atoms with van der Waals surface area (Å²) in [5.41, 5.74) is 10.8. The number of nitrogens with one attached hydrogen (secondary N) is 1. The number of nitrogens with two attached hydrogens (primary N) is 1. The number of hydrogen-bond donors (Lipinski definition) is 2. The molecular weight excluding hydrogens is 341 g/mol. The number of halogens is 2. The van der Waals surface area contributed by atoms with E-state index in [1.54, 1.807) is 6.07 Å². The Morgan fingerprint density at radius 2 is 1.67 bits per heavy atom. The normalized spacial score (nSPS) is 15.5. The number of benzene rings is 2. The molecule has 0 atom stereocenters. The second-order valence-electron chi connectivity index (χ2n) is 6.47. The third-order valence-corrected chi connectivity index (χ3v) is 4.98. The van der Waals surface area contributed by atoms with Crippen LogP contribution in [0.5, 0.6) is 0 Å². The average molecular weight is 358 g/mol. The molecule has 1 aromatic heterocycles. The Hall–Kier alpha value is -1.81. The summed E-state index contributed by atoms with van der Waals surface area (Å²) in [4.78, 5) is 8.01. The van der Waals surface area contributed by atoms with Crippen molar-refractivity contribution in [3.63, 3.8) is 0 Å². The lowest BCUT2D eigenvalue weighted by atomic mass is 9.96. The van der Waals surface area contributed by atoms with E-state index in [0.29, 0.717) is 16.5 Å². The van der Waals surface area contributed by atoms with Crippen molar-refractivity contribution in [1.29, 1.82) is 0 Å². The summed E-state index contributed by atoms with van der Waals surface area (Å²) in [6, 6.07) is 13.9. The van der Waals surface area contributed by atoms with Gasteiger partial charge in [-0.2, -0.15) is 0 Å². The third kappa shape index (κ3) is 2.95. The van der Waals surface area contributed by atoms with Gasteiger partial charge in [0, 0.05) is 22.7 Å². The minimum absolute atomic E-state index is 0.464. The van der Waals surface area contributed by atoms with Gasteiger partial charge in [0.25, 0.3) is 0 Å². The Bertz CT molecular complexity index is 856. The van der Waals surface area contributed by atoms with Crippen molar-refractivity contribution in [2.24, 2.45) is 5.73 Å². The van der Waals surface area contributed by atoms with Crippen LogP contribution in [-0.4, -0.2) is 9.97 Å². The standard InChI is InChI=1S/C19H17Cl2N3/c20-15-5-12(6-16(21)8-15)7-17-11-23-18(24-17)19(22)9-13-3-1-2-4-14(13)10-19/h1-6,8,11H,7,9-10,22H2,(H,23,24). The first-order valence-electron chi connectivity index (χ1n) is 7.87. The van der Waals surface area contributed by atoms with Gasteiger partial charge in [0.2, 0.25) is 0 Å². The van der Waals surface area contributed by atoms with Gasteiger partial charge < -0.3 is 10.7 Å². The molecule has 4 rings (SSSR count). The molecule has 0 saturated heterocycles. The highest BCUT2D eigenvalue weighted by Gasteiger charge is 2.37. The first-order valence-corrected chi connectivity index (χ1v) is 8.63. The summed E-state index contributed by atoms with van der Waals surface area (Å²) in [6.45, 7) is 0. The summed E-state index contributed by atoms with van der Waals surface area (Å²) in [6.07, 6.45) is 4.19. The van der Waals surface area contributed by atoms with Crippen molar-refractivity contribution in [3.05, 3.63) is 86.9 Å². The van der Waals surface area contributed by atoms with Crippen LogP contribution in [-0.2, 0) is 24.8 Å². The van der Waals surface area contributed by atoms with Gasteiger partial charge in [-0.3, -0.25) is 0 Å². The van der Waals surface area contributed by atoms with Gasteiger partial charge in [0.05, 0.1) is 11.2 Å². The van der Waals surface area contributed by atoms with E-state index < -0.39 is 5.54 Å². The summed E-state index contributed by atoms with van der Waals surface area (Å²) < 4.78 is 0. The lowest BCUT2D eigenvalue weighted by Crippen LogP contribution is -2.38. The monoisotopic (exact) mass is 357 g/mol. The quantitative estimate of drug-likeness (QED) is 0.735. The first-order chi connectivity index (χ1) is 11.5. The van der Waals surface area contributed by atoms with Gasteiger partial charge in [-0.25, -0.2) is 4.98 Å². The largest absolute Gasteiger partial charge is 0.347 e. The molecule has 1 aliphatic carbocycles. The topological polar surface area (TPSA) is 54.7 Å². The second kappa shape index (κ2) is 5.92. The van der Waals surface area contributed by atoms with Crippen LogP contribution < -0.4 is 5.73 Å². The Morgan fingerprint density at radius 1 is 1.04 bits per heavy atom. The molecule has 24 heavy (non-hydrogen) atoms. The molecule has 0 bridgehead atoms. The lowest BCUT2D eigenvalue weighted by Gasteiger charge is -2.20. The summed E-state index contributed by atoms with van der Waals surface area (Å²) in [5, 5.41) is 1.27. The third-order valence-electron chi connectivity index (χ3n) is 4.54. The van der Waals surface area contributed by atoms with E-state index in [1.807, 2.05) is 18.3 Å². The van der Waals surface area contributed by atoms with Gasteiger partial charge >= 0.3 is 0 Å². The van der Waals surface area contributed by atoms with Crippen molar-refractivity contribution in [1.82, 2.24) is 9.97 Å². The molecule has 0 spiro atoms. The van der Waals surface area contributed by atoms with Gasteiger partial charge in [-0.15, -0.1) is 0 Å². The minimum Gasteiger partial charge on any atom is -0.347 e. The van der Waals surface area contributed by atoms with Crippen LogP contribution in [0, 0.1) is 0 Å². The Morgan fingerprint density at radius 3 is 2.29 bits per heavy atom. The molecular formula is C19H17Cl2N3. The summed E-state index contributed by atoms with van der Waals surface area (Å²) >= 11 is 12.1. The highest BCUT2D eigenvalue weighted by molar-refractivity contribution is 6.34. The van der Waals surface area contributed by atoms with Crippen LogP contribution in [0.2, 0.25) is 10.0 Å². The molecule has 0 aliphatic heterocycles. The van der Waals surface area contributed by atoms with Crippen molar-refractivity contribution in [2.75, 3.05) is 0 Å². The Kier molecular flexibility index (Phi) is 3.87. The van der Waals surface area contributed by atoms with E-state index in [-0.39, 0.29) is 0 Å². The fraction of sp³-hybridized carbons (Fsp3) is 0.211.